The molecule has 0 amide bonds. The second-order valence-corrected chi connectivity index (χ2v) is 7.27. The van der Waals surface area contributed by atoms with E-state index in [-0.39, 0.29) is 21.9 Å². The number of carboxylic acids is 1. The summed E-state index contributed by atoms with van der Waals surface area (Å²) in [4.78, 5) is 42.8. The highest BCUT2D eigenvalue weighted by Crippen LogP contribution is 2.24. The Hall–Kier alpha value is -3.87. The van der Waals surface area contributed by atoms with Crippen molar-refractivity contribution >= 4 is 22.8 Å². The number of H-pyrrole nitrogens is 1. The number of carboxylic acid groups (broad SMARTS) is 1. The molecule has 7 heteroatoms. The topological polar surface area (TPSA) is 104 Å². The third kappa shape index (κ3) is 3.04. The number of hydrogen-bond acceptors (Lipinski definition) is 5. The summed E-state index contributed by atoms with van der Waals surface area (Å²) < 4.78 is 5.73. The summed E-state index contributed by atoms with van der Waals surface area (Å²) in [6, 6.07) is 12.2. The molecule has 2 aromatic carbocycles. The molecule has 0 radical (unpaired) electrons. The number of nitrogens with zero attached hydrogens (tertiary/aromatic N) is 1. The lowest BCUT2D eigenvalue weighted by Crippen LogP contribution is -2.30. The molecular formula is C23H20N2O5. The predicted molar refractivity (Wildman–Crippen MR) is 115 cm³/mol. The zero-order valence-electron chi connectivity index (χ0n) is 16.8. The monoisotopic (exact) mass is 404 g/mol. The van der Waals surface area contributed by atoms with Crippen molar-refractivity contribution < 1.29 is 14.3 Å². The van der Waals surface area contributed by atoms with Gasteiger partial charge in [-0.25, -0.2) is 4.79 Å². The zero-order chi connectivity index (χ0) is 21.6. The van der Waals surface area contributed by atoms with Crippen LogP contribution in [0.2, 0.25) is 0 Å². The van der Waals surface area contributed by atoms with Crippen LogP contribution in [0, 0.1) is 10.8 Å². The molecule has 0 atom stereocenters. The minimum Gasteiger partial charge on any atom is -0.478 e. The van der Waals surface area contributed by atoms with E-state index in [0.717, 1.165) is 17.7 Å². The zero-order valence-corrected chi connectivity index (χ0v) is 16.8. The highest BCUT2D eigenvalue weighted by atomic mass is 16.4. The van der Waals surface area contributed by atoms with Gasteiger partial charge in [0.2, 0.25) is 10.8 Å². The Morgan fingerprint density at radius 1 is 1.07 bits per heavy atom. The van der Waals surface area contributed by atoms with Crippen LogP contribution in [0.25, 0.3) is 22.2 Å². The lowest BCUT2D eigenvalue weighted by atomic mass is 9.97. The summed E-state index contributed by atoms with van der Waals surface area (Å²) in [5, 5.41) is 9.91. The van der Waals surface area contributed by atoms with Crippen molar-refractivity contribution in [1.82, 2.24) is 4.98 Å². The molecule has 0 saturated heterocycles. The maximum atomic E-state index is 12.9. The van der Waals surface area contributed by atoms with Gasteiger partial charge in [0.05, 0.1) is 16.6 Å². The number of rotatable bonds is 4. The molecule has 7 nitrogen and oxygen atoms in total. The third-order valence-corrected chi connectivity index (χ3v) is 5.18. The van der Waals surface area contributed by atoms with Gasteiger partial charge in [0.25, 0.3) is 5.43 Å². The fourth-order valence-electron chi connectivity index (χ4n) is 3.52. The number of aryl methyl sites for hydroxylation is 1. The fraction of sp³-hybridized carbons (Fsp3) is 0.174. The first-order chi connectivity index (χ1) is 14.3. The van der Waals surface area contributed by atoms with E-state index in [2.05, 4.69) is 4.98 Å². The number of aromatic amines is 1. The van der Waals surface area contributed by atoms with Crippen LogP contribution in [0.1, 0.15) is 22.8 Å². The van der Waals surface area contributed by atoms with E-state index >= 15 is 0 Å². The Morgan fingerprint density at radius 2 is 1.77 bits per heavy atom. The van der Waals surface area contributed by atoms with E-state index in [1.54, 1.807) is 24.3 Å². The summed E-state index contributed by atoms with van der Waals surface area (Å²) in [7, 11) is 3.72. The molecule has 2 N–H and O–H groups in total. The number of benzene rings is 2. The van der Waals surface area contributed by atoms with Gasteiger partial charge < -0.3 is 19.4 Å². The largest absolute Gasteiger partial charge is 0.478 e. The average molecular weight is 404 g/mol. The predicted octanol–water partition coefficient (Wildman–Crippen LogP) is 3.20. The van der Waals surface area contributed by atoms with Crippen molar-refractivity contribution in [3.05, 3.63) is 84.8 Å². The van der Waals surface area contributed by atoms with E-state index in [1.807, 2.05) is 44.1 Å². The van der Waals surface area contributed by atoms with Crippen LogP contribution < -0.4 is 15.8 Å². The van der Waals surface area contributed by atoms with Crippen molar-refractivity contribution in [3.63, 3.8) is 0 Å². The average Bonchev–Trinajstić information content (AvgIpc) is 2.74. The highest BCUT2D eigenvalue weighted by Gasteiger charge is 2.23. The lowest BCUT2D eigenvalue weighted by molar-refractivity contribution is 0.0695. The van der Waals surface area contributed by atoms with Gasteiger partial charge in [-0.1, -0.05) is 31.2 Å². The van der Waals surface area contributed by atoms with Crippen molar-refractivity contribution in [1.29, 1.82) is 0 Å². The molecule has 1 aliphatic heterocycles. The molecule has 2 aliphatic rings. The summed E-state index contributed by atoms with van der Waals surface area (Å²) >= 11 is 0. The summed E-state index contributed by atoms with van der Waals surface area (Å²) in [5.41, 5.74) is 0.625. The van der Waals surface area contributed by atoms with Crippen LogP contribution in [0.15, 0.2) is 56.5 Å². The third-order valence-electron chi connectivity index (χ3n) is 5.18. The second kappa shape index (κ2) is 7.18. The Balaban J connectivity index is 2.15. The van der Waals surface area contributed by atoms with Crippen LogP contribution >= 0.6 is 0 Å². The van der Waals surface area contributed by atoms with Gasteiger partial charge in [0.15, 0.2) is 5.58 Å². The molecule has 0 bridgehead atoms. The first-order valence-electron chi connectivity index (χ1n) is 9.48. The molecule has 0 aromatic heterocycles. The standard InChI is InChI=1S/C23H20N2O5/c1-4-12-5-7-13(8-6-12)17-18(23(28)29)19-22(21(27)20(17)26)30-16-11-14(25(2)3)9-10-15(16)24-19/h5-11,24H,4H2,1-3H3,(H,28,29). The van der Waals surface area contributed by atoms with Gasteiger partial charge >= 0.3 is 5.97 Å². The molecule has 0 saturated carbocycles. The number of fused-ring (bicyclic) bond motifs is 1. The van der Waals surface area contributed by atoms with Gasteiger partial charge in [0, 0.05) is 25.8 Å². The highest BCUT2D eigenvalue weighted by molar-refractivity contribution is 5.96. The Labute approximate surface area is 170 Å². The van der Waals surface area contributed by atoms with Gasteiger partial charge in [-0.15, -0.1) is 0 Å². The maximum absolute atomic E-state index is 12.9. The molecule has 0 unspecified atom stereocenters. The first kappa shape index (κ1) is 19.4. The minimum absolute atomic E-state index is 0.00762. The number of aromatic carboxylic acids is 1. The van der Waals surface area contributed by atoms with Crippen molar-refractivity contribution in [2.24, 2.45) is 0 Å². The van der Waals surface area contributed by atoms with Gasteiger partial charge in [-0.3, -0.25) is 9.59 Å². The quantitative estimate of drug-likeness (QED) is 0.506. The van der Waals surface area contributed by atoms with E-state index in [1.165, 1.54) is 0 Å². The van der Waals surface area contributed by atoms with Crippen LogP contribution in [0.5, 0.6) is 0 Å². The fourth-order valence-corrected chi connectivity index (χ4v) is 3.52. The molecule has 2 aromatic rings. The first-order valence-corrected chi connectivity index (χ1v) is 9.48. The second-order valence-electron chi connectivity index (χ2n) is 7.27. The van der Waals surface area contributed by atoms with Gasteiger partial charge in [-0.2, -0.15) is 0 Å². The van der Waals surface area contributed by atoms with Crippen LogP contribution in [0.3, 0.4) is 0 Å². The van der Waals surface area contributed by atoms with E-state index in [0.29, 0.717) is 16.7 Å². The summed E-state index contributed by atoms with van der Waals surface area (Å²) in [5.74, 6) is -1.32. The van der Waals surface area contributed by atoms with Crippen molar-refractivity contribution in [2.45, 2.75) is 13.3 Å². The maximum Gasteiger partial charge on any atom is 0.338 e. The van der Waals surface area contributed by atoms with Crippen LogP contribution in [0.4, 0.5) is 5.69 Å². The van der Waals surface area contributed by atoms with Crippen molar-refractivity contribution in [3.8, 4) is 11.1 Å². The SMILES string of the molecule is CCc1ccc(-c2c(C(=O)O)c3[nH]c4ccc(N(C)C)cc4oc=3c(=O)c2=O)cc1. The number of aromatic nitrogens is 1. The summed E-state index contributed by atoms with van der Waals surface area (Å²) in [6.07, 6.45) is 0.800. The lowest BCUT2D eigenvalue weighted by Gasteiger charge is -2.13. The number of nitrogens with one attached hydrogen (secondary N) is 1. The summed E-state index contributed by atoms with van der Waals surface area (Å²) in [6.45, 7) is 1.99. The smallest absolute Gasteiger partial charge is 0.338 e. The van der Waals surface area contributed by atoms with Crippen LogP contribution in [-0.4, -0.2) is 30.2 Å². The molecule has 0 spiro atoms. The Kier molecular flexibility index (Phi) is 4.66. The molecule has 1 heterocycles. The molecular weight excluding hydrogens is 384 g/mol. The van der Waals surface area contributed by atoms with Gasteiger partial charge in [-0.05, 0) is 29.7 Å². The molecule has 0 fully saturated rings. The van der Waals surface area contributed by atoms with E-state index in [9.17, 15) is 19.5 Å². The minimum atomic E-state index is -1.32. The van der Waals surface area contributed by atoms with Crippen LogP contribution in [-0.2, 0) is 6.42 Å². The Bertz CT molecular complexity index is 1460. The van der Waals surface area contributed by atoms with Gasteiger partial charge in [0.1, 0.15) is 5.35 Å². The molecule has 4 rings (SSSR count). The van der Waals surface area contributed by atoms with E-state index < -0.39 is 16.8 Å². The number of anilines is 1. The Morgan fingerprint density at radius 3 is 2.37 bits per heavy atom. The van der Waals surface area contributed by atoms with E-state index in [4.69, 9.17) is 4.42 Å². The molecule has 152 valence electrons. The number of carbonyl (C=O) groups is 1. The number of hydrogen-bond donors (Lipinski definition) is 2. The normalized spacial score (nSPS) is 11.2. The molecule has 1 aliphatic carbocycles. The van der Waals surface area contributed by atoms with Crippen molar-refractivity contribution in [2.75, 3.05) is 19.0 Å². The molecule has 30 heavy (non-hydrogen) atoms.